The maximum absolute atomic E-state index is 13.1. The Morgan fingerprint density at radius 3 is 2.26 bits per heavy atom. The van der Waals surface area contributed by atoms with Crippen LogP contribution in [0.3, 0.4) is 0 Å². The van der Waals surface area contributed by atoms with Crippen molar-refractivity contribution in [1.29, 1.82) is 0 Å². The molecule has 1 aliphatic heterocycles. The number of carbonyl (C=O) groups is 2. The van der Waals surface area contributed by atoms with E-state index >= 15 is 0 Å². The molecule has 0 spiro atoms. The zero-order chi connectivity index (χ0) is 18.8. The van der Waals surface area contributed by atoms with Crippen LogP contribution in [0.1, 0.15) is 13.3 Å². The molecule has 0 radical (unpaired) electrons. The summed E-state index contributed by atoms with van der Waals surface area (Å²) in [6, 6.07) is 14.2. The van der Waals surface area contributed by atoms with Gasteiger partial charge < -0.3 is 4.74 Å². The minimum absolute atomic E-state index is 0.0780. The average Bonchev–Trinajstić information content (AvgIpc) is 3.30. The van der Waals surface area contributed by atoms with E-state index in [4.69, 9.17) is 16.3 Å². The van der Waals surface area contributed by atoms with Crippen LogP contribution in [0.2, 0.25) is 5.02 Å². The third kappa shape index (κ3) is 2.29. The van der Waals surface area contributed by atoms with Crippen LogP contribution >= 0.6 is 11.6 Å². The number of carbonyl (C=O) groups excluding carboxylic acids is 2. The molecule has 0 unspecified atom stereocenters. The standard InChI is InChI=1S/C22H18ClNO3/c1-22-14-3-2-13(12-14)19(22)20(25)24(21(22)26)16-6-10-18(11-7-16)27-17-8-4-15(23)5-9-17/h2-11,13-14,19H,12H2,1H3/t13-,14-,19-,22-/m1/s1. The minimum atomic E-state index is -0.602. The lowest BCUT2D eigenvalue weighted by molar-refractivity contribution is -0.127. The van der Waals surface area contributed by atoms with E-state index < -0.39 is 5.41 Å². The van der Waals surface area contributed by atoms with Crippen molar-refractivity contribution in [2.24, 2.45) is 23.2 Å². The molecule has 27 heavy (non-hydrogen) atoms. The van der Waals surface area contributed by atoms with E-state index in [1.165, 1.54) is 4.90 Å². The summed E-state index contributed by atoms with van der Waals surface area (Å²) in [5.41, 5.74) is -0.00176. The second kappa shape index (κ2) is 5.70. The maximum Gasteiger partial charge on any atom is 0.241 e. The summed E-state index contributed by atoms with van der Waals surface area (Å²) in [7, 11) is 0. The summed E-state index contributed by atoms with van der Waals surface area (Å²) in [6.07, 6.45) is 5.13. The molecule has 2 aliphatic carbocycles. The quantitative estimate of drug-likeness (QED) is 0.566. The first-order chi connectivity index (χ1) is 13.0. The molecule has 4 atom stereocenters. The van der Waals surface area contributed by atoms with E-state index in [0.29, 0.717) is 22.2 Å². The molecule has 136 valence electrons. The van der Waals surface area contributed by atoms with Crippen molar-refractivity contribution >= 4 is 29.1 Å². The number of benzene rings is 2. The zero-order valence-electron chi connectivity index (χ0n) is 14.8. The van der Waals surface area contributed by atoms with Gasteiger partial charge in [0.2, 0.25) is 11.8 Å². The van der Waals surface area contributed by atoms with E-state index in [1.54, 1.807) is 48.5 Å². The summed E-state index contributed by atoms with van der Waals surface area (Å²) in [4.78, 5) is 27.5. The molecule has 1 saturated carbocycles. The van der Waals surface area contributed by atoms with Gasteiger partial charge in [-0.3, -0.25) is 9.59 Å². The topological polar surface area (TPSA) is 46.6 Å². The van der Waals surface area contributed by atoms with Crippen LogP contribution in [-0.4, -0.2) is 11.8 Å². The highest BCUT2D eigenvalue weighted by Gasteiger charge is 2.67. The molecule has 5 heteroatoms. The third-order valence-corrected chi connectivity index (χ3v) is 6.51. The summed E-state index contributed by atoms with van der Waals surface area (Å²) in [6.45, 7) is 1.95. The van der Waals surface area contributed by atoms with E-state index in [2.05, 4.69) is 12.2 Å². The fourth-order valence-electron chi connectivity index (χ4n) is 4.85. The van der Waals surface area contributed by atoms with Gasteiger partial charge in [-0.05, 0) is 73.7 Å². The average molecular weight is 380 g/mol. The van der Waals surface area contributed by atoms with Gasteiger partial charge in [0.15, 0.2) is 0 Å². The first-order valence-electron chi connectivity index (χ1n) is 9.08. The number of halogens is 1. The molecular formula is C22H18ClNO3. The smallest absolute Gasteiger partial charge is 0.241 e. The predicted octanol–water partition coefficient (Wildman–Crippen LogP) is 4.83. The van der Waals surface area contributed by atoms with Crippen molar-refractivity contribution in [3.63, 3.8) is 0 Å². The number of ether oxygens (including phenoxy) is 1. The van der Waals surface area contributed by atoms with Gasteiger partial charge in [0.1, 0.15) is 11.5 Å². The van der Waals surface area contributed by atoms with Crippen LogP contribution in [0, 0.1) is 23.2 Å². The first kappa shape index (κ1) is 16.6. The largest absolute Gasteiger partial charge is 0.457 e. The van der Waals surface area contributed by atoms with Crippen LogP contribution in [0.5, 0.6) is 11.5 Å². The van der Waals surface area contributed by atoms with Gasteiger partial charge in [0, 0.05) is 5.02 Å². The molecule has 1 heterocycles. The number of anilines is 1. The van der Waals surface area contributed by atoms with E-state index in [-0.39, 0.29) is 29.6 Å². The molecule has 2 fully saturated rings. The van der Waals surface area contributed by atoms with Crippen molar-refractivity contribution in [2.75, 3.05) is 4.90 Å². The molecule has 2 aromatic rings. The van der Waals surface area contributed by atoms with E-state index in [9.17, 15) is 9.59 Å². The fraction of sp³-hybridized carbons (Fsp3) is 0.273. The zero-order valence-corrected chi connectivity index (χ0v) is 15.5. The van der Waals surface area contributed by atoms with Crippen molar-refractivity contribution < 1.29 is 14.3 Å². The summed E-state index contributed by atoms with van der Waals surface area (Å²) in [5, 5.41) is 0.645. The molecule has 5 rings (SSSR count). The SMILES string of the molecule is C[C@]12C(=O)N(c3ccc(Oc4ccc(Cl)cc4)cc3)C(=O)[C@H]1[C@@H]1C=C[C@@H]2C1. The molecule has 0 aromatic heterocycles. The highest BCUT2D eigenvalue weighted by Crippen LogP contribution is 2.60. The predicted molar refractivity (Wildman–Crippen MR) is 103 cm³/mol. The lowest BCUT2D eigenvalue weighted by Gasteiger charge is -2.28. The summed E-state index contributed by atoms with van der Waals surface area (Å²) < 4.78 is 5.79. The Morgan fingerprint density at radius 1 is 1.00 bits per heavy atom. The number of allylic oxidation sites excluding steroid dienone is 2. The molecule has 2 amide bonds. The molecule has 0 N–H and O–H groups in total. The Labute approximate surface area is 162 Å². The maximum atomic E-state index is 13.1. The Morgan fingerprint density at radius 2 is 1.63 bits per heavy atom. The molecule has 1 saturated heterocycles. The number of fused-ring (bicyclic) bond motifs is 5. The van der Waals surface area contributed by atoms with E-state index in [0.717, 1.165) is 6.42 Å². The number of hydrogen-bond donors (Lipinski definition) is 0. The number of rotatable bonds is 3. The van der Waals surface area contributed by atoms with Gasteiger partial charge in [-0.1, -0.05) is 23.8 Å². The van der Waals surface area contributed by atoms with Gasteiger partial charge in [-0.25, -0.2) is 4.90 Å². The molecule has 2 aromatic carbocycles. The second-order valence-corrected chi connectivity index (χ2v) is 8.12. The number of imide groups is 1. The number of nitrogens with zero attached hydrogens (tertiary/aromatic N) is 1. The molecular weight excluding hydrogens is 362 g/mol. The van der Waals surface area contributed by atoms with Crippen LogP contribution in [0.15, 0.2) is 60.7 Å². The van der Waals surface area contributed by atoms with Crippen LogP contribution in [-0.2, 0) is 9.59 Å². The highest BCUT2D eigenvalue weighted by atomic mass is 35.5. The third-order valence-electron chi connectivity index (χ3n) is 6.26. The van der Waals surface area contributed by atoms with Crippen LogP contribution < -0.4 is 9.64 Å². The van der Waals surface area contributed by atoms with Crippen LogP contribution in [0.25, 0.3) is 0 Å². The Kier molecular flexibility index (Phi) is 3.50. The van der Waals surface area contributed by atoms with Crippen LogP contribution in [0.4, 0.5) is 5.69 Å². The lowest BCUT2D eigenvalue weighted by atomic mass is 9.71. The fourth-order valence-corrected chi connectivity index (χ4v) is 4.98. The molecule has 2 bridgehead atoms. The van der Waals surface area contributed by atoms with Gasteiger partial charge in [0.25, 0.3) is 0 Å². The van der Waals surface area contributed by atoms with Gasteiger partial charge in [-0.15, -0.1) is 0 Å². The van der Waals surface area contributed by atoms with Gasteiger partial charge in [0.05, 0.1) is 17.0 Å². The summed E-state index contributed by atoms with van der Waals surface area (Å²) in [5.74, 6) is 1.27. The monoisotopic (exact) mass is 379 g/mol. The normalized spacial score (nSPS) is 30.9. The Balaban J connectivity index is 1.40. The summed E-state index contributed by atoms with van der Waals surface area (Å²) >= 11 is 5.88. The first-order valence-corrected chi connectivity index (χ1v) is 9.46. The second-order valence-electron chi connectivity index (χ2n) is 7.68. The van der Waals surface area contributed by atoms with Crippen molar-refractivity contribution in [3.8, 4) is 11.5 Å². The Bertz CT molecular complexity index is 966. The van der Waals surface area contributed by atoms with E-state index in [1.807, 2.05) is 6.92 Å². The molecule has 3 aliphatic rings. The van der Waals surface area contributed by atoms with Gasteiger partial charge in [-0.2, -0.15) is 0 Å². The van der Waals surface area contributed by atoms with Crippen molar-refractivity contribution in [1.82, 2.24) is 0 Å². The minimum Gasteiger partial charge on any atom is -0.457 e. The van der Waals surface area contributed by atoms with Crippen molar-refractivity contribution in [2.45, 2.75) is 13.3 Å². The number of amides is 2. The number of hydrogen-bond acceptors (Lipinski definition) is 3. The molecule has 4 nitrogen and oxygen atoms in total. The van der Waals surface area contributed by atoms with Gasteiger partial charge >= 0.3 is 0 Å². The lowest BCUT2D eigenvalue weighted by Crippen LogP contribution is -2.37. The highest BCUT2D eigenvalue weighted by molar-refractivity contribution is 6.30. The van der Waals surface area contributed by atoms with Crippen molar-refractivity contribution in [3.05, 3.63) is 65.7 Å². The Hall–Kier alpha value is -2.59.